The molecule has 0 N–H and O–H groups in total. The lowest BCUT2D eigenvalue weighted by molar-refractivity contribution is 1.07. The first-order valence-corrected chi connectivity index (χ1v) is 18.3. The Balaban J connectivity index is 1.04. The topological polar surface area (TPSA) is 88.2 Å². The molecule has 0 fully saturated rings. The van der Waals surface area contributed by atoms with Crippen molar-refractivity contribution in [2.45, 2.75) is 0 Å². The number of nitrogens with zero attached hydrogens (tertiary/aromatic N) is 6. The van der Waals surface area contributed by atoms with E-state index >= 15 is 0 Å². The fourth-order valence-electron chi connectivity index (χ4n) is 6.67. The predicted molar refractivity (Wildman–Crippen MR) is 224 cm³/mol. The Kier molecular flexibility index (Phi) is 9.23. The highest BCUT2D eigenvalue weighted by molar-refractivity contribution is 5.77. The highest BCUT2D eigenvalue weighted by atomic mass is 15.0. The molecule has 0 unspecified atom stereocenters. The Morgan fingerprint density at radius 1 is 0.268 bits per heavy atom. The summed E-state index contributed by atoms with van der Waals surface area (Å²) in [5.41, 5.74) is 12.2. The molecule has 0 aliphatic rings. The molecule has 0 bridgehead atoms. The van der Waals surface area contributed by atoms with Gasteiger partial charge in [0, 0.05) is 33.4 Å². The maximum Gasteiger partial charge on any atom is 0.164 e. The van der Waals surface area contributed by atoms with Crippen molar-refractivity contribution in [1.82, 2.24) is 24.9 Å². The molecule has 2 aromatic heterocycles. The van der Waals surface area contributed by atoms with E-state index in [4.69, 9.17) is 24.9 Å². The van der Waals surface area contributed by atoms with Crippen molar-refractivity contribution >= 4 is 0 Å². The van der Waals surface area contributed by atoms with Gasteiger partial charge in [0.25, 0.3) is 0 Å². The summed E-state index contributed by atoms with van der Waals surface area (Å²) >= 11 is 0. The minimum atomic E-state index is 0.510. The summed E-state index contributed by atoms with van der Waals surface area (Å²) in [4.78, 5) is 24.7. The van der Waals surface area contributed by atoms with Gasteiger partial charge in [0.05, 0.1) is 23.0 Å². The lowest BCUT2D eigenvalue weighted by Gasteiger charge is -2.11. The summed E-state index contributed by atoms with van der Waals surface area (Å²) in [5.74, 6) is 2.29. The number of nitriles is 1. The van der Waals surface area contributed by atoms with Crippen molar-refractivity contribution in [2.24, 2.45) is 0 Å². The second-order valence-corrected chi connectivity index (χ2v) is 13.3. The van der Waals surface area contributed by atoms with E-state index in [1.807, 2.05) is 78.9 Å². The molecule has 9 rings (SSSR count). The molecule has 0 radical (unpaired) electrons. The lowest BCUT2D eigenvalue weighted by atomic mass is 10.00. The van der Waals surface area contributed by atoms with Gasteiger partial charge >= 0.3 is 0 Å². The monoisotopic (exact) mass is 716 g/mol. The van der Waals surface area contributed by atoms with Crippen LogP contribution in [0.5, 0.6) is 0 Å². The highest BCUT2D eigenvalue weighted by Crippen LogP contribution is 2.32. The molecule has 0 aliphatic heterocycles. The summed E-state index contributed by atoms with van der Waals surface area (Å²) in [6, 6.07) is 67.2. The fraction of sp³-hybridized carbons (Fsp3) is 0. The molecular weight excluding hydrogens is 685 g/mol. The molecule has 0 saturated carbocycles. The maximum absolute atomic E-state index is 9.51. The van der Waals surface area contributed by atoms with E-state index in [1.165, 1.54) is 0 Å². The first-order chi connectivity index (χ1) is 27.7. The predicted octanol–water partition coefficient (Wildman–Crippen LogP) is 11.9. The van der Waals surface area contributed by atoms with E-state index in [1.54, 1.807) is 12.1 Å². The summed E-state index contributed by atoms with van der Waals surface area (Å²) in [6.07, 6.45) is 0. The molecule has 0 spiro atoms. The van der Waals surface area contributed by atoms with Crippen LogP contribution in [0.4, 0.5) is 0 Å². The van der Waals surface area contributed by atoms with Crippen molar-refractivity contribution < 1.29 is 0 Å². The maximum atomic E-state index is 9.51. The van der Waals surface area contributed by atoms with E-state index < -0.39 is 0 Å². The van der Waals surface area contributed by atoms with Gasteiger partial charge < -0.3 is 0 Å². The summed E-state index contributed by atoms with van der Waals surface area (Å²) < 4.78 is 0. The van der Waals surface area contributed by atoms with Crippen molar-refractivity contribution in [2.75, 3.05) is 0 Å². The quantitative estimate of drug-likeness (QED) is 0.156. The van der Waals surface area contributed by atoms with E-state index in [2.05, 4.69) is 109 Å². The smallest absolute Gasteiger partial charge is 0.164 e. The minimum Gasteiger partial charge on any atom is -0.228 e. The standard InChI is InChI=1S/C50H32N6/c51-33-34-12-10-21-44(30-34)50-55-48(39-17-8-3-9-18-39)54-49(56-50)41-28-24-37(25-29-41)36-22-26-40(27-23-36)47-52-45(38-15-6-2-7-16-38)32-46(53-47)43-20-11-19-42(31-43)35-13-4-1-5-14-35/h1-32H. The van der Waals surface area contributed by atoms with Crippen LogP contribution in [0.2, 0.25) is 0 Å². The molecule has 0 atom stereocenters. The SMILES string of the molecule is N#Cc1cccc(-c2nc(-c3ccccc3)nc(-c3ccc(-c4ccc(-c5nc(-c6ccccc6)cc(-c6cccc(-c7ccccc7)c6)n5)cc4)cc3)n2)c1. The van der Waals surface area contributed by atoms with Gasteiger partial charge in [-0.25, -0.2) is 24.9 Å². The zero-order valence-electron chi connectivity index (χ0n) is 30.2. The van der Waals surface area contributed by atoms with Crippen LogP contribution in [0.15, 0.2) is 194 Å². The van der Waals surface area contributed by atoms with Gasteiger partial charge in [-0.15, -0.1) is 0 Å². The van der Waals surface area contributed by atoms with Gasteiger partial charge in [-0.1, -0.05) is 170 Å². The van der Waals surface area contributed by atoms with Crippen LogP contribution in [0.3, 0.4) is 0 Å². The highest BCUT2D eigenvalue weighted by Gasteiger charge is 2.15. The molecule has 262 valence electrons. The van der Waals surface area contributed by atoms with Gasteiger partial charge in [0.15, 0.2) is 23.3 Å². The Morgan fingerprint density at radius 3 is 1.21 bits per heavy atom. The number of aromatic nitrogens is 5. The molecular formula is C50H32N6. The molecule has 6 heteroatoms. The van der Waals surface area contributed by atoms with Crippen molar-refractivity contribution in [1.29, 1.82) is 5.26 Å². The third-order valence-electron chi connectivity index (χ3n) is 9.60. The van der Waals surface area contributed by atoms with E-state index in [-0.39, 0.29) is 0 Å². The molecule has 9 aromatic rings. The third kappa shape index (κ3) is 7.21. The molecule has 0 amide bonds. The number of rotatable bonds is 8. The zero-order valence-corrected chi connectivity index (χ0v) is 30.2. The van der Waals surface area contributed by atoms with E-state index in [0.717, 1.165) is 67.0 Å². The normalized spacial score (nSPS) is 10.8. The van der Waals surface area contributed by atoms with Crippen LogP contribution < -0.4 is 0 Å². The van der Waals surface area contributed by atoms with Crippen molar-refractivity contribution in [3.8, 4) is 96.4 Å². The van der Waals surface area contributed by atoms with E-state index in [0.29, 0.717) is 28.9 Å². The Morgan fingerprint density at radius 2 is 0.643 bits per heavy atom. The van der Waals surface area contributed by atoms with Crippen LogP contribution in [0.25, 0.3) is 90.3 Å². The van der Waals surface area contributed by atoms with Crippen LogP contribution in [0.1, 0.15) is 5.56 Å². The van der Waals surface area contributed by atoms with Gasteiger partial charge in [0.2, 0.25) is 0 Å². The molecule has 0 aliphatic carbocycles. The van der Waals surface area contributed by atoms with Crippen LogP contribution in [0, 0.1) is 11.3 Å². The Bertz CT molecular complexity index is 2830. The largest absolute Gasteiger partial charge is 0.228 e. The number of benzene rings is 7. The molecule has 0 saturated heterocycles. The fourth-order valence-corrected chi connectivity index (χ4v) is 6.67. The van der Waals surface area contributed by atoms with Gasteiger partial charge in [-0.3, -0.25) is 0 Å². The summed E-state index contributed by atoms with van der Waals surface area (Å²) in [6.45, 7) is 0. The molecule has 7 aromatic carbocycles. The second-order valence-electron chi connectivity index (χ2n) is 13.3. The summed E-state index contributed by atoms with van der Waals surface area (Å²) in [5, 5.41) is 9.51. The average molecular weight is 717 g/mol. The lowest BCUT2D eigenvalue weighted by Crippen LogP contribution is -2.00. The van der Waals surface area contributed by atoms with Crippen LogP contribution in [-0.4, -0.2) is 24.9 Å². The van der Waals surface area contributed by atoms with Crippen molar-refractivity contribution in [3.05, 3.63) is 200 Å². The Hall–Kier alpha value is -7.88. The van der Waals surface area contributed by atoms with Crippen molar-refractivity contribution in [3.63, 3.8) is 0 Å². The first-order valence-electron chi connectivity index (χ1n) is 18.3. The zero-order chi connectivity index (χ0) is 37.7. The number of hydrogen-bond acceptors (Lipinski definition) is 6. The first kappa shape index (κ1) is 33.9. The average Bonchev–Trinajstić information content (AvgIpc) is 3.30. The third-order valence-corrected chi connectivity index (χ3v) is 9.60. The minimum absolute atomic E-state index is 0.510. The number of hydrogen-bond donors (Lipinski definition) is 0. The van der Waals surface area contributed by atoms with Gasteiger partial charge in [-0.2, -0.15) is 5.26 Å². The second kappa shape index (κ2) is 15.2. The van der Waals surface area contributed by atoms with Crippen LogP contribution in [-0.2, 0) is 0 Å². The summed E-state index contributed by atoms with van der Waals surface area (Å²) in [7, 11) is 0. The molecule has 6 nitrogen and oxygen atoms in total. The van der Waals surface area contributed by atoms with Gasteiger partial charge in [-0.05, 0) is 46.5 Å². The van der Waals surface area contributed by atoms with Gasteiger partial charge in [0.1, 0.15) is 0 Å². The van der Waals surface area contributed by atoms with Crippen LogP contribution >= 0.6 is 0 Å². The Labute approximate surface area is 325 Å². The molecule has 56 heavy (non-hydrogen) atoms. The van der Waals surface area contributed by atoms with E-state index in [9.17, 15) is 5.26 Å². The molecule has 2 heterocycles.